The van der Waals surface area contributed by atoms with Gasteiger partial charge in [0.25, 0.3) is 0 Å². The van der Waals surface area contributed by atoms with Crippen molar-refractivity contribution in [1.82, 2.24) is 4.98 Å². The summed E-state index contributed by atoms with van der Waals surface area (Å²) >= 11 is 2.80. The second kappa shape index (κ2) is 3.48. The van der Waals surface area contributed by atoms with Crippen molar-refractivity contribution in [3.8, 4) is 0 Å². The summed E-state index contributed by atoms with van der Waals surface area (Å²) in [5, 5.41) is 18.9. The van der Waals surface area contributed by atoms with Gasteiger partial charge in [0, 0.05) is 0 Å². The number of hydrogen-bond acceptors (Lipinski definition) is 4. The summed E-state index contributed by atoms with van der Waals surface area (Å²) in [5.41, 5.74) is -0.179. The van der Waals surface area contributed by atoms with Crippen LogP contribution in [0.5, 0.6) is 0 Å². The number of rotatable bonds is 2. The average molecular weight is 247 g/mol. The first kappa shape index (κ1) is 9.59. The molecule has 0 bridgehead atoms. The van der Waals surface area contributed by atoms with Crippen molar-refractivity contribution in [2.45, 2.75) is 0 Å². The van der Waals surface area contributed by atoms with E-state index in [0.717, 1.165) is 6.20 Å². The van der Waals surface area contributed by atoms with Crippen LogP contribution in [0.15, 0.2) is 16.7 Å². The lowest BCUT2D eigenvalue weighted by Crippen LogP contribution is -2.02. The van der Waals surface area contributed by atoms with Crippen molar-refractivity contribution in [2.24, 2.45) is 0 Å². The van der Waals surface area contributed by atoms with Crippen molar-refractivity contribution in [1.29, 1.82) is 0 Å². The molecule has 1 heterocycles. The number of hydrogen-bond donors (Lipinski definition) is 1. The normalized spacial score (nSPS) is 9.62. The van der Waals surface area contributed by atoms with E-state index in [4.69, 9.17) is 5.11 Å². The lowest BCUT2D eigenvalue weighted by Gasteiger charge is -1.97. The van der Waals surface area contributed by atoms with Crippen LogP contribution < -0.4 is 0 Å². The Morgan fingerprint density at radius 1 is 1.69 bits per heavy atom. The molecule has 0 spiro atoms. The van der Waals surface area contributed by atoms with E-state index in [1.54, 1.807) is 0 Å². The highest BCUT2D eigenvalue weighted by Crippen LogP contribution is 2.25. The third-order valence-corrected chi connectivity index (χ3v) is 2.06. The fraction of sp³-hybridized carbons (Fsp3) is 0. The Morgan fingerprint density at radius 2 is 2.31 bits per heavy atom. The smallest absolute Gasteiger partial charge is 0.378 e. The summed E-state index contributed by atoms with van der Waals surface area (Å²) in [7, 11) is 0. The van der Waals surface area contributed by atoms with E-state index in [0.29, 0.717) is 0 Å². The van der Waals surface area contributed by atoms with E-state index in [-0.39, 0.29) is 10.0 Å². The van der Waals surface area contributed by atoms with Crippen molar-refractivity contribution < 1.29 is 14.8 Å². The summed E-state index contributed by atoms with van der Waals surface area (Å²) in [4.78, 5) is 23.5. The predicted molar refractivity (Wildman–Crippen MR) is 45.6 cm³/mol. The first-order valence-electron chi connectivity index (χ1n) is 3.06. The Bertz CT molecular complexity index is 347. The van der Waals surface area contributed by atoms with Gasteiger partial charge in [-0.2, -0.15) is 0 Å². The molecule has 1 N–H and O–H groups in total. The molecule has 1 rings (SSSR count). The van der Waals surface area contributed by atoms with E-state index < -0.39 is 16.7 Å². The van der Waals surface area contributed by atoms with Crippen LogP contribution in [0, 0.1) is 10.1 Å². The molecule has 13 heavy (non-hydrogen) atoms. The number of pyridine rings is 1. The summed E-state index contributed by atoms with van der Waals surface area (Å²) in [6, 6.07) is 1.18. The Morgan fingerprint density at radius 3 is 2.77 bits per heavy atom. The number of carbonyl (C=O) groups is 1. The van der Waals surface area contributed by atoms with E-state index in [1.165, 1.54) is 6.07 Å². The zero-order valence-electron chi connectivity index (χ0n) is 6.10. The van der Waals surface area contributed by atoms with Gasteiger partial charge in [0.2, 0.25) is 0 Å². The lowest BCUT2D eigenvalue weighted by molar-refractivity contribution is -0.390. The summed E-state index contributed by atoms with van der Waals surface area (Å²) in [6.07, 6.45) is 1.08. The first-order valence-corrected chi connectivity index (χ1v) is 3.85. The van der Waals surface area contributed by atoms with Crippen LogP contribution in [-0.4, -0.2) is 21.0 Å². The Hall–Kier alpha value is -1.50. The minimum absolute atomic E-state index is 0.118. The minimum atomic E-state index is -1.24. The third kappa shape index (κ3) is 1.81. The zero-order valence-corrected chi connectivity index (χ0v) is 7.69. The minimum Gasteiger partial charge on any atom is -0.478 e. The van der Waals surface area contributed by atoms with Crippen LogP contribution in [0.4, 0.5) is 5.82 Å². The molecule has 0 saturated carbocycles. The molecular formula is C6H3BrN2O4. The molecule has 0 radical (unpaired) electrons. The molecule has 0 aliphatic carbocycles. The molecule has 1 aromatic rings. The van der Waals surface area contributed by atoms with Crippen molar-refractivity contribution in [3.05, 3.63) is 32.4 Å². The topological polar surface area (TPSA) is 93.3 Å². The average Bonchev–Trinajstić information content (AvgIpc) is 2.03. The van der Waals surface area contributed by atoms with Crippen LogP contribution in [0.3, 0.4) is 0 Å². The molecule has 68 valence electrons. The van der Waals surface area contributed by atoms with Crippen molar-refractivity contribution >= 4 is 27.7 Å². The van der Waals surface area contributed by atoms with Gasteiger partial charge in [-0.1, -0.05) is 0 Å². The Labute approximate surface area is 80.5 Å². The molecule has 0 saturated heterocycles. The third-order valence-electron chi connectivity index (χ3n) is 1.27. The van der Waals surface area contributed by atoms with Crippen LogP contribution >= 0.6 is 15.9 Å². The molecule has 7 heteroatoms. The van der Waals surface area contributed by atoms with Crippen molar-refractivity contribution in [2.75, 3.05) is 0 Å². The number of carboxylic acid groups (broad SMARTS) is 1. The summed E-state index contributed by atoms with van der Waals surface area (Å²) in [6.45, 7) is 0. The zero-order chi connectivity index (χ0) is 10.0. The number of nitrogens with zero attached hydrogens (tertiary/aromatic N) is 2. The predicted octanol–water partition coefficient (Wildman–Crippen LogP) is 1.45. The standard InChI is InChI=1S/C6H3BrN2O4/c7-4-3(6(10)11)1-2-8-5(4)9(12)13/h1-2H,(H,10,11). The van der Waals surface area contributed by atoms with Gasteiger partial charge in [-0.3, -0.25) is 0 Å². The lowest BCUT2D eigenvalue weighted by atomic mass is 10.3. The van der Waals surface area contributed by atoms with E-state index in [9.17, 15) is 14.9 Å². The molecule has 0 amide bonds. The highest BCUT2D eigenvalue weighted by Gasteiger charge is 2.20. The van der Waals surface area contributed by atoms with Crippen LogP contribution in [0.25, 0.3) is 0 Å². The highest BCUT2D eigenvalue weighted by molar-refractivity contribution is 9.10. The summed E-state index contributed by atoms with van der Waals surface area (Å²) in [5.74, 6) is -1.74. The maximum Gasteiger partial charge on any atom is 0.378 e. The molecule has 0 unspecified atom stereocenters. The maximum atomic E-state index is 10.5. The largest absolute Gasteiger partial charge is 0.478 e. The SMILES string of the molecule is O=C(O)c1ccnc([N+](=O)[O-])c1Br. The number of halogens is 1. The molecular weight excluding hydrogens is 244 g/mol. The Kier molecular flexibility index (Phi) is 2.57. The van der Waals surface area contributed by atoms with Crippen LogP contribution in [-0.2, 0) is 0 Å². The monoisotopic (exact) mass is 246 g/mol. The van der Waals surface area contributed by atoms with Gasteiger partial charge in [-0.25, -0.2) is 4.79 Å². The summed E-state index contributed by atoms with van der Waals surface area (Å²) < 4.78 is -0.118. The molecule has 1 aromatic heterocycles. The molecule has 0 aromatic carbocycles. The second-order valence-electron chi connectivity index (χ2n) is 2.06. The van der Waals surface area contributed by atoms with Crippen LogP contribution in [0.1, 0.15) is 10.4 Å². The quantitative estimate of drug-likeness (QED) is 0.630. The van der Waals surface area contributed by atoms with E-state index >= 15 is 0 Å². The number of aromatic carboxylic acids is 1. The maximum absolute atomic E-state index is 10.5. The highest BCUT2D eigenvalue weighted by atomic mass is 79.9. The number of aromatic nitrogens is 1. The molecule has 0 aliphatic rings. The Balaban J connectivity index is 3.35. The second-order valence-corrected chi connectivity index (χ2v) is 2.85. The van der Waals surface area contributed by atoms with E-state index in [1.807, 2.05) is 0 Å². The van der Waals surface area contributed by atoms with Gasteiger partial charge < -0.3 is 15.2 Å². The van der Waals surface area contributed by atoms with E-state index in [2.05, 4.69) is 20.9 Å². The van der Waals surface area contributed by atoms with Gasteiger partial charge in [-0.15, -0.1) is 0 Å². The fourth-order valence-corrected chi connectivity index (χ4v) is 1.27. The molecule has 6 nitrogen and oxygen atoms in total. The fourth-order valence-electron chi connectivity index (χ4n) is 0.725. The molecule has 0 fully saturated rings. The molecule has 0 atom stereocenters. The first-order chi connectivity index (χ1) is 6.04. The van der Waals surface area contributed by atoms with Gasteiger partial charge in [0.05, 0.1) is 5.56 Å². The van der Waals surface area contributed by atoms with Gasteiger partial charge in [0.15, 0.2) is 0 Å². The number of nitro groups is 1. The molecule has 0 aliphatic heterocycles. The van der Waals surface area contributed by atoms with Crippen molar-refractivity contribution in [3.63, 3.8) is 0 Å². The van der Waals surface area contributed by atoms with Gasteiger partial charge in [0.1, 0.15) is 10.7 Å². The van der Waals surface area contributed by atoms with Gasteiger partial charge in [-0.05, 0) is 31.9 Å². The van der Waals surface area contributed by atoms with Crippen LogP contribution in [0.2, 0.25) is 0 Å². The number of carboxylic acids is 1. The van der Waals surface area contributed by atoms with Gasteiger partial charge >= 0.3 is 11.8 Å².